The number of hydrogen-bond acceptors (Lipinski definition) is 5. The fourth-order valence-corrected chi connectivity index (χ4v) is 3.42. The summed E-state index contributed by atoms with van der Waals surface area (Å²) in [6, 6.07) is 7.28. The quantitative estimate of drug-likeness (QED) is 0.727. The molecular weight excluding hydrogens is 314 g/mol. The predicted octanol–water partition coefficient (Wildman–Crippen LogP) is 2.59. The molecule has 1 aromatic carbocycles. The van der Waals surface area contributed by atoms with Crippen LogP contribution >= 0.6 is 0 Å². The van der Waals surface area contributed by atoms with Crippen LogP contribution in [0.3, 0.4) is 0 Å². The molecule has 1 unspecified atom stereocenters. The number of aromatic amines is 1. The summed E-state index contributed by atoms with van der Waals surface area (Å²) in [5.41, 5.74) is 3.18. The number of nitrogens with one attached hydrogen (secondary N) is 1. The average molecular weight is 331 g/mol. The van der Waals surface area contributed by atoms with Gasteiger partial charge in [0.2, 0.25) is 0 Å². The van der Waals surface area contributed by atoms with Crippen LogP contribution in [0, 0.1) is 6.92 Å². The van der Waals surface area contributed by atoms with E-state index in [1.165, 1.54) is 0 Å². The van der Waals surface area contributed by atoms with Crippen LogP contribution in [0.15, 0.2) is 35.6 Å². The Kier molecular flexibility index (Phi) is 4.40. The molecular formula is C16H17N3O3S. The Balaban J connectivity index is 1.87. The van der Waals surface area contributed by atoms with E-state index in [-0.39, 0.29) is 5.75 Å². The Bertz CT molecular complexity index is 835. The molecule has 1 N–H and O–H groups in total. The summed E-state index contributed by atoms with van der Waals surface area (Å²) in [5.74, 6) is 1.74. The van der Waals surface area contributed by atoms with E-state index in [1.807, 2.05) is 25.1 Å². The number of benzene rings is 1. The molecule has 0 spiro atoms. The molecule has 0 bridgehead atoms. The van der Waals surface area contributed by atoms with Crippen molar-refractivity contribution in [1.29, 1.82) is 0 Å². The first-order valence-corrected chi connectivity index (χ1v) is 8.35. The first-order chi connectivity index (χ1) is 11.1. The topological polar surface area (TPSA) is 83.1 Å². The van der Waals surface area contributed by atoms with Gasteiger partial charge in [0.25, 0.3) is 0 Å². The SMILES string of the molecule is COc1ccc2nc([S+]([O-])Cc3nccc(OC)c3C)[nH]c2c1. The highest BCUT2D eigenvalue weighted by Crippen LogP contribution is 2.24. The Hall–Kier alpha value is -2.25. The Labute approximate surface area is 137 Å². The second-order valence-corrected chi connectivity index (χ2v) is 6.37. The number of imidazole rings is 1. The first-order valence-electron chi connectivity index (χ1n) is 7.03. The van der Waals surface area contributed by atoms with Crippen LogP contribution in [0.1, 0.15) is 11.3 Å². The van der Waals surface area contributed by atoms with Gasteiger partial charge in [0.15, 0.2) is 5.75 Å². The molecule has 0 saturated heterocycles. The summed E-state index contributed by atoms with van der Waals surface area (Å²) < 4.78 is 23.0. The maximum absolute atomic E-state index is 12.6. The fraction of sp³-hybridized carbons (Fsp3) is 0.250. The molecule has 23 heavy (non-hydrogen) atoms. The van der Waals surface area contributed by atoms with Crippen LogP contribution in [-0.4, -0.2) is 33.7 Å². The van der Waals surface area contributed by atoms with Gasteiger partial charge in [-0.15, -0.1) is 0 Å². The van der Waals surface area contributed by atoms with Crippen LogP contribution in [0.2, 0.25) is 0 Å². The summed E-state index contributed by atoms with van der Waals surface area (Å²) in [6.45, 7) is 1.90. The van der Waals surface area contributed by atoms with E-state index < -0.39 is 11.2 Å². The van der Waals surface area contributed by atoms with Crippen molar-refractivity contribution in [2.24, 2.45) is 0 Å². The summed E-state index contributed by atoms with van der Waals surface area (Å²) in [5, 5.41) is 0.428. The van der Waals surface area contributed by atoms with E-state index in [2.05, 4.69) is 15.0 Å². The first kappa shape index (κ1) is 15.6. The van der Waals surface area contributed by atoms with Crippen molar-refractivity contribution in [3.63, 3.8) is 0 Å². The number of hydrogen-bond donors (Lipinski definition) is 1. The molecule has 0 aliphatic carbocycles. The zero-order valence-corrected chi connectivity index (χ0v) is 13.9. The van der Waals surface area contributed by atoms with Crippen molar-refractivity contribution in [2.75, 3.05) is 14.2 Å². The van der Waals surface area contributed by atoms with Gasteiger partial charge in [-0.25, -0.2) is 0 Å². The zero-order valence-electron chi connectivity index (χ0n) is 13.1. The fourth-order valence-electron chi connectivity index (χ4n) is 2.32. The lowest BCUT2D eigenvalue weighted by molar-refractivity contribution is 0.410. The minimum absolute atomic E-state index is 0.278. The molecule has 0 saturated carbocycles. The number of nitrogens with zero attached hydrogens (tertiary/aromatic N) is 2. The monoisotopic (exact) mass is 331 g/mol. The number of fused-ring (bicyclic) bond motifs is 1. The minimum Gasteiger partial charge on any atom is -0.609 e. The van der Waals surface area contributed by atoms with Crippen molar-refractivity contribution in [1.82, 2.24) is 15.0 Å². The normalized spacial score (nSPS) is 12.3. The smallest absolute Gasteiger partial charge is 0.322 e. The Morgan fingerprint density at radius 2 is 2.04 bits per heavy atom. The van der Waals surface area contributed by atoms with Crippen molar-refractivity contribution in [2.45, 2.75) is 17.8 Å². The molecule has 0 aliphatic rings. The predicted molar refractivity (Wildman–Crippen MR) is 88.3 cm³/mol. The molecule has 120 valence electrons. The van der Waals surface area contributed by atoms with Crippen molar-refractivity contribution in [3.8, 4) is 11.5 Å². The molecule has 3 aromatic rings. The van der Waals surface area contributed by atoms with Gasteiger partial charge in [0.05, 0.1) is 30.9 Å². The number of aromatic nitrogens is 3. The highest BCUT2D eigenvalue weighted by Gasteiger charge is 2.20. The highest BCUT2D eigenvalue weighted by molar-refractivity contribution is 7.90. The lowest BCUT2D eigenvalue weighted by Crippen LogP contribution is -2.10. The lowest BCUT2D eigenvalue weighted by atomic mass is 10.2. The van der Waals surface area contributed by atoms with E-state index in [1.54, 1.807) is 26.5 Å². The molecule has 0 amide bonds. The van der Waals surface area contributed by atoms with Crippen LogP contribution in [-0.2, 0) is 16.9 Å². The van der Waals surface area contributed by atoms with Gasteiger partial charge in [0, 0.05) is 29.0 Å². The van der Waals surface area contributed by atoms with Crippen LogP contribution in [0.4, 0.5) is 0 Å². The van der Waals surface area contributed by atoms with E-state index in [9.17, 15) is 4.55 Å². The minimum atomic E-state index is -1.32. The molecule has 2 heterocycles. The number of H-pyrrole nitrogens is 1. The van der Waals surface area contributed by atoms with Gasteiger partial charge in [0.1, 0.15) is 11.5 Å². The van der Waals surface area contributed by atoms with Gasteiger partial charge in [-0.05, 0) is 25.1 Å². The van der Waals surface area contributed by atoms with E-state index in [0.29, 0.717) is 5.16 Å². The summed E-state index contributed by atoms with van der Waals surface area (Å²) in [7, 11) is 3.21. The van der Waals surface area contributed by atoms with Crippen LogP contribution in [0.5, 0.6) is 11.5 Å². The molecule has 0 radical (unpaired) electrons. The third-order valence-corrected chi connectivity index (χ3v) is 4.79. The van der Waals surface area contributed by atoms with Gasteiger partial charge in [-0.3, -0.25) is 9.97 Å². The van der Waals surface area contributed by atoms with E-state index >= 15 is 0 Å². The van der Waals surface area contributed by atoms with Crippen molar-refractivity contribution < 1.29 is 14.0 Å². The molecule has 0 fully saturated rings. The Morgan fingerprint density at radius 3 is 2.78 bits per heavy atom. The molecule has 2 aromatic heterocycles. The second kappa shape index (κ2) is 6.47. The summed E-state index contributed by atoms with van der Waals surface area (Å²) >= 11 is -1.32. The van der Waals surface area contributed by atoms with Gasteiger partial charge in [-0.2, -0.15) is 4.98 Å². The van der Waals surface area contributed by atoms with E-state index in [4.69, 9.17) is 9.47 Å². The van der Waals surface area contributed by atoms with Crippen molar-refractivity contribution in [3.05, 3.63) is 41.7 Å². The lowest BCUT2D eigenvalue weighted by Gasteiger charge is -2.10. The maximum atomic E-state index is 12.6. The van der Waals surface area contributed by atoms with E-state index in [0.717, 1.165) is 33.8 Å². The number of methoxy groups -OCH3 is 2. The number of pyridine rings is 1. The standard InChI is InChI=1S/C16H17N3O3S/c1-10-14(17-7-6-15(10)22-3)9-23(20)16-18-12-5-4-11(21-2)8-13(12)19-16/h4-8H,9H2,1-3H3,(H,18,19). The largest absolute Gasteiger partial charge is 0.609 e. The molecule has 7 heteroatoms. The summed E-state index contributed by atoms with van der Waals surface area (Å²) in [4.78, 5) is 11.8. The van der Waals surface area contributed by atoms with Gasteiger partial charge >= 0.3 is 5.16 Å². The Morgan fingerprint density at radius 1 is 1.22 bits per heavy atom. The molecule has 1 atom stereocenters. The molecule has 6 nitrogen and oxygen atoms in total. The molecule has 0 aliphatic heterocycles. The highest BCUT2D eigenvalue weighted by atomic mass is 32.2. The third-order valence-electron chi connectivity index (χ3n) is 3.63. The van der Waals surface area contributed by atoms with Crippen LogP contribution < -0.4 is 9.47 Å². The summed E-state index contributed by atoms with van der Waals surface area (Å²) in [6.07, 6.45) is 1.65. The second-order valence-electron chi connectivity index (χ2n) is 5.00. The molecule has 3 rings (SSSR count). The van der Waals surface area contributed by atoms with Crippen molar-refractivity contribution >= 4 is 22.2 Å². The number of ether oxygens (including phenoxy) is 2. The maximum Gasteiger partial charge on any atom is 0.322 e. The zero-order chi connectivity index (χ0) is 16.4. The van der Waals surface area contributed by atoms with Gasteiger partial charge in [-0.1, -0.05) is 0 Å². The number of rotatable bonds is 5. The average Bonchev–Trinajstić information content (AvgIpc) is 2.99. The van der Waals surface area contributed by atoms with Gasteiger partial charge < -0.3 is 14.0 Å². The third kappa shape index (κ3) is 3.11. The van der Waals surface area contributed by atoms with Crippen LogP contribution in [0.25, 0.3) is 11.0 Å².